The van der Waals surface area contributed by atoms with Crippen LogP contribution in [-0.4, -0.2) is 96.7 Å². The van der Waals surface area contributed by atoms with Crippen LogP contribution in [0.1, 0.15) is 408 Å². The maximum Gasteiger partial charge on any atom is 0.472 e. The van der Waals surface area contributed by atoms with Gasteiger partial charge in [-0.25, -0.2) is 9.13 Å². The third-order valence-electron chi connectivity index (χ3n) is 18.6. The van der Waals surface area contributed by atoms with Gasteiger partial charge in [0.25, 0.3) is 0 Å². The minimum Gasteiger partial charge on any atom is -0.462 e. The summed E-state index contributed by atoms with van der Waals surface area (Å²) in [6.45, 7) is 9.54. The highest BCUT2D eigenvalue weighted by Gasteiger charge is 2.30. The van der Waals surface area contributed by atoms with Crippen molar-refractivity contribution in [3.05, 3.63) is 0 Å². The highest BCUT2D eigenvalue weighted by Crippen LogP contribution is 2.45. The molecule has 3 N–H and O–H groups in total. The van der Waals surface area contributed by atoms with E-state index in [2.05, 4.69) is 41.5 Å². The summed E-state index contributed by atoms with van der Waals surface area (Å²) in [5.41, 5.74) is 0. The number of hydrogen-bond donors (Lipinski definition) is 3. The average Bonchev–Trinajstić information content (AvgIpc) is 1.07. The highest BCUT2D eigenvalue weighted by molar-refractivity contribution is 7.47. The molecule has 19 heteroatoms. The molecule has 0 radical (unpaired) electrons. The largest absolute Gasteiger partial charge is 0.472 e. The quantitative estimate of drug-likeness (QED) is 0.0222. The zero-order valence-corrected chi connectivity index (χ0v) is 65.2. The number of carbonyl (C=O) groups excluding carboxylic acids is 4. The Morgan fingerprint density at radius 2 is 0.526 bits per heavy atom. The molecule has 17 nitrogen and oxygen atoms in total. The fraction of sp³-hybridized carbons (Fsp3) is 0.949. The maximum atomic E-state index is 13.1. The fourth-order valence-electron chi connectivity index (χ4n) is 12.0. The van der Waals surface area contributed by atoms with Crippen molar-refractivity contribution in [2.45, 2.75) is 426 Å². The number of phosphoric acid groups is 2. The molecule has 3 unspecified atom stereocenters. The zero-order valence-electron chi connectivity index (χ0n) is 63.4. The number of aliphatic hydroxyl groups excluding tert-OH is 1. The lowest BCUT2D eigenvalue weighted by Gasteiger charge is -2.21. The normalized spacial score (nSPS) is 14.2. The molecule has 0 saturated carbocycles. The third-order valence-corrected chi connectivity index (χ3v) is 20.5. The summed E-state index contributed by atoms with van der Waals surface area (Å²) in [7, 11) is -9.90. The van der Waals surface area contributed by atoms with Gasteiger partial charge in [-0.2, -0.15) is 0 Å². The SMILES string of the molecule is CCCCCCCCCCCCCCCCCCCCCC(=O)OC[C@H](COP(=O)(O)OC[C@@H](O)COP(=O)(O)OC[C@@H](COC(=O)CCCCCCC)OC(=O)CCCCCCCCCCC(C)C)OC(=O)CCCCCCCCCCCCCCCCCCCCC(C)CC. The van der Waals surface area contributed by atoms with Gasteiger partial charge in [0.1, 0.15) is 19.3 Å². The van der Waals surface area contributed by atoms with Crippen LogP contribution in [0.15, 0.2) is 0 Å². The Morgan fingerprint density at radius 3 is 0.784 bits per heavy atom. The molecule has 0 aliphatic carbocycles. The van der Waals surface area contributed by atoms with E-state index in [9.17, 15) is 43.2 Å². The van der Waals surface area contributed by atoms with Crippen molar-refractivity contribution in [2.75, 3.05) is 39.6 Å². The van der Waals surface area contributed by atoms with Crippen LogP contribution in [0.2, 0.25) is 0 Å². The Labute approximate surface area is 594 Å². The van der Waals surface area contributed by atoms with Crippen LogP contribution >= 0.6 is 15.6 Å². The molecule has 576 valence electrons. The van der Waals surface area contributed by atoms with Gasteiger partial charge in [-0.05, 0) is 37.5 Å². The lowest BCUT2D eigenvalue weighted by molar-refractivity contribution is -0.161. The van der Waals surface area contributed by atoms with E-state index < -0.39 is 97.5 Å². The first kappa shape index (κ1) is 95.1. The van der Waals surface area contributed by atoms with E-state index in [0.717, 1.165) is 108 Å². The van der Waals surface area contributed by atoms with Crippen molar-refractivity contribution in [2.24, 2.45) is 11.8 Å². The first-order valence-corrected chi connectivity index (χ1v) is 43.5. The summed E-state index contributed by atoms with van der Waals surface area (Å²) in [6, 6.07) is 0. The van der Waals surface area contributed by atoms with Crippen molar-refractivity contribution >= 4 is 39.5 Å². The smallest absolute Gasteiger partial charge is 0.462 e. The molecule has 0 aliphatic heterocycles. The van der Waals surface area contributed by atoms with Gasteiger partial charge < -0.3 is 33.8 Å². The predicted octanol–water partition coefficient (Wildman–Crippen LogP) is 23.1. The summed E-state index contributed by atoms with van der Waals surface area (Å²) in [6.07, 6.45) is 58.9. The van der Waals surface area contributed by atoms with Crippen molar-refractivity contribution in [3.8, 4) is 0 Å². The molecule has 0 aliphatic rings. The second kappa shape index (κ2) is 69.8. The van der Waals surface area contributed by atoms with Gasteiger partial charge in [-0.15, -0.1) is 0 Å². The van der Waals surface area contributed by atoms with Crippen LogP contribution in [0.5, 0.6) is 0 Å². The van der Waals surface area contributed by atoms with Crippen LogP contribution in [0.4, 0.5) is 0 Å². The van der Waals surface area contributed by atoms with E-state index in [1.54, 1.807) is 0 Å². The first-order valence-electron chi connectivity index (χ1n) is 40.5. The van der Waals surface area contributed by atoms with E-state index >= 15 is 0 Å². The molecule has 0 saturated heterocycles. The van der Waals surface area contributed by atoms with E-state index in [1.807, 2.05) is 0 Å². The van der Waals surface area contributed by atoms with E-state index in [-0.39, 0.29) is 25.7 Å². The maximum absolute atomic E-state index is 13.1. The average molecular weight is 1420 g/mol. The van der Waals surface area contributed by atoms with E-state index in [0.29, 0.717) is 25.7 Å². The molecular weight excluding hydrogens is 1270 g/mol. The van der Waals surface area contributed by atoms with Crippen LogP contribution in [0.25, 0.3) is 0 Å². The van der Waals surface area contributed by atoms with Crippen LogP contribution < -0.4 is 0 Å². The molecule has 0 aromatic heterocycles. The first-order chi connectivity index (χ1) is 46.9. The van der Waals surface area contributed by atoms with Crippen LogP contribution in [0, 0.1) is 11.8 Å². The monoisotopic (exact) mass is 1420 g/mol. The Balaban J connectivity index is 5.11. The molecule has 0 amide bonds. The Bertz CT molecular complexity index is 1870. The minimum absolute atomic E-state index is 0.104. The molecule has 0 aromatic rings. The highest BCUT2D eigenvalue weighted by atomic mass is 31.2. The van der Waals surface area contributed by atoms with E-state index in [1.165, 1.54) is 218 Å². The van der Waals surface area contributed by atoms with Crippen molar-refractivity contribution < 1.29 is 80.2 Å². The number of carbonyl (C=O) groups is 4. The molecule has 6 atom stereocenters. The number of unbranched alkanes of at least 4 members (excludes halogenated alkanes) is 46. The number of hydrogen-bond acceptors (Lipinski definition) is 15. The molecular formula is C78H152O17P2. The number of aliphatic hydroxyl groups is 1. The summed E-state index contributed by atoms with van der Waals surface area (Å²) in [4.78, 5) is 72.5. The van der Waals surface area contributed by atoms with Crippen LogP contribution in [-0.2, 0) is 65.4 Å². The molecule has 0 fully saturated rings. The minimum atomic E-state index is -4.96. The number of esters is 4. The number of phosphoric ester groups is 2. The number of rotatable bonds is 77. The lowest BCUT2D eigenvalue weighted by atomic mass is 9.99. The second-order valence-corrected chi connectivity index (χ2v) is 31.7. The standard InChI is InChI=1S/C78H152O17P2/c1-7-10-12-14-15-16-17-18-19-20-21-25-28-31-34-37-43-49-55-61-76(81)89-67-74(95-77(82)62-56-50-44-38-35-32-29-26-23-22-24-27-30-33-36-42-48-53-59-71(6)9-3)69-93-97(86,87)91-65-72(79)64-90-96(84,85)92-68-73(66-88-75(80)60-54-46-13-11-8-2)94-78(83)63-57-51-45-40-39-41-47-52-58-70(4)5/h70-74,79H,7-69H2,1-6H3,(H,84,85)(H,86,87)/t71?,72-,73+,74+/m0/s1. The molecule has 0 spiro atoms. The Hall–Kier alpha value is -1.94. The van der Waals surface area contributed by atoms with Gasteiger partial charge in [-0.1, -0.05) is 356 Å². The lowest BCUT2D eigenvalue weighted by Crippen LogP contribution is -2.30. The van der Waals surface area contributed by atoms with Crippen molar-refractivity contribution in [3.63, 3.8) is 0 Å². The topological polar surface area (TPSA) is 237 Å². The molecule has 0 aromatic carbocycles. The summed E-state index contributed by atoms with van der Waals surface area (Å²) < 4.78 is 68.3. The van der Waals surface area contributed by atoms with Gasteiger partial charge in [-0.3, -0.25) is 37.3 Å². The second-order valence-electron chi connectivity index (χ2n) is 28.8. The van der Waals surface area contributed by atoms with Gasteiger partial charge in [0.2, 0.25) is 0 Å². The van der Waals surface area contributed by atoms with E-state index in [4.69, 9.17) is 37.0 Å². The Morgan fingerprint density at radius 1 is 0.299 bits per heavy atom. The summed E-state index contributed by atoms with van der Waals surface area (Å²) in [5.74, 6) is -0.538. The number of ether oxygens (including phenoxy) is 4. The fourth-order valence-corrected chi connectivity index (χ4v) is 13.6. The van der Waals surface area contributed by atoms with Crippen LogP contribution in [0.3, 0.4) is 0 Å². The van der Waals surface area contributed by atoms with Gasteiger partial charge >= 0.3 is 39.5 Å². The van der Waals surface area contributed by atoms with Gasteiger partial charge in [0.05, 0.1) is 26.4 Å². The molecule has 0 rings (SSSR count). The van der Waals surface area contributed by atoms with Crippen molar-refractivity contribution in [1.82, 2.24) is 0 Å². The summed E-state index contributed by atoms with van der Waals surface area (Å²) in [5, 5.41) is 10.6. The van der Waals surface area contributed by atoms with Crippen molar-refractivity contribution in [1.29, 1.82) is 0 Å². The zero-order chi connectivity index (χ0) is 71.4. The third kappa shape index (κ3) is 70.9. The molecule has 0 heterocycles. The molecule has 97 heavy (non-hydrogen) atoms. The Kier molecular flexibility index (Phi) is 68.4. The van der Waals surface area contributed by atoms with Gasteiger partial charge in [0.15, 0.2) is 12.2 Å². The van der Waals surface area contributed by atoms with Gasteiger partial charge in [0, 0.05) is 25.7 Å². The summed E-state index contributed by atoms with van der Waals surface area (Å²) >= 11 is 0. The predicted molar refractivity (Wildman–Crippen MR) is 395 cm³/mol. The molecule has 0 bridgehead atoms.